The fourth-order valence-electron chi connectivity index (χ4n) is 2.44. The van der Waals surface area contributed by atoms with E-state index in [0.717, 1.165) is 20.1 Å². The Morgan fingerprint density at radius 2 is 1.59 bits per heavy atom. The predicted molar refractivity (Wildman–Crippen MR) is 112 cm³/mol. The molecule has 0 aliphatic carbocycles. The number of hydrogen-bond acceptors (Lipinski definition) is 5. The first kappa shape index (κ1) is 17.8. The van der Waals surface area contributed by atoms with Gasteiger partial charge < -0.3 is 0 Å². The van der Waals surface area contributed by atoms with Crippen molar-refractivity contribution in [2.45, 2.75) is 0 Å². The Bertz CT molecular complexity index is 1120. The summed E-state index contributed by atoms with van der Waals surface area (Å²) < 4.78 is 1.76. The first-order chi connectivity index (χ1) is 13.1. The second-order valence-corrected chi connectivity index (χ2v) is 8.51. The van der Waals surface area contributed by atoms with E-state index >= 15 is 0 Å². The number of fused-ring (bicyclic) bond motifs is 1. The van der Waals surface area contributed by atoms with Crippen molar-refractivity contribution in [1.29, 1.82) is 0 Å². The fourth-order valence-corrected chi connectivity index (χ4v) is 4.83. The molecule has 2 heterocycles. The number of para-hydroxylation sites is 1. The highest BCUT2D eigenvalue weighted by molar-refractivity contribution is 9.10. The number of thiophene rings is 1. The number of benzene rings is 2. The number of carbonyl (C=O) groups excluding carboxylic acids is 2. The zero-order chi connectivity index (χ0) is 18.8. The molecule has 5 nitrogen and oxygen atoms in total. The second kappa shape index (κ2) is 7.59. The van der Waals surface area contributed by atoms with Crippen molar-refractivity contribution in [3.05, 3.63) is 75.6 Å². The number of amides is 2. The molecule has 0 radical (unpaired) electrons. The summed E-state index contributed by atoms with van der Waals surface area (Å²) in [5.74, 6) is -0.758. The van der Waals surface area contributed by atoms with E-state index in [9.17, 15) is 9.59 Å². The van der Waals surface area contributed by atoms with E-state index in [4.69, 9.17) is 0 Å². The van der Waals surface area contributed by atoms with Crippen molar-refractivity contribution >= 4 is 60.6 Å². The summed E-state index contributed by atoms with van der Waals surface area (Å²) >= 11 is 6.24. The van der Waals surface area contributed by atoms with E-state index in [1.165, 1.54) is 11.3 Å². The number of nitrogens with one attached hydrogen (secondary N) is 2. The fraction of sp³-hybridized carbons (Fsp3) is 0. The molecule has 4 rings (SSSR count). The summed E-state index contributed by atoms with van der Waals surface area (Å²) in [5, 5.41) is 0.873. The summed E-state index contributed by atoms with van der Waals surface area (Å²) in [6.45, 7) is 0. The quantitative estimate of drug-likeness (QED) is 0.431. The molecular formula is C19H12BrN3O2S2. The van der Waals surface area contributed by atoms with Crippen LogP contribution in [0.3, 0.4) is 0 Å². The van der Waals surface area contributed by atoms with Gasteiger partial charge in [0.25, 0.3) is 11.8 Å². The van der Waals surface area contributed by atoms with Gasteiger partial charge in [0.15, 0.2) is 0 Å². The number of halogens is 1. The van der Waals surface area contributed by atoms with E-state index in [2.05, 4.69) is 31.8 Å². The highest BCUT2D eigenvalue weighted by Gasteiger charge is 2.15. The van der Waals surface area contributed by atoms with Crippen molar-refractivity contribution in [2.75, 3.05) is 0 Å². The SMILES string of the molecule is O=C(NNC(=O)c1ccccc1Br)c1ccc(-c2nc3ccccc3s2)s1. The molecule has 134 valence electrons. The van der Waals surface area contributed by atoms with Crippen molar-refractivity contribution in [3.63, 3.8) is 0 Å². The molecule has 2 aromatic carbocycles. The van der Waals surface area contributed by atoms with Crippen molar-refractivity contribution in [1.82, 2.24) is 15.8 Å². The summed E-state index contributed by atoms with van der Waals surface area (Å²) in [7, 11) is 0. The third-order valence-electron chi connectivity index (χ3n) is 3.74. The van der Waals surface area contributed by atoms with Gasteiger partial charge in [0, 0.05) is 4.47 Å². The monoisotopic (exact) mass is 457 g/mol. The first-order valence-corrected chi connectivity index (χ1v) is 10.4. The lowest BCUT2D eigenvalue weighted by Crippen LogP contribution is -2.41. The molecule has 8 heteroatoms. The average molecular weight is 458 g/mol. The molecule has 2 amide bonds. The molecule has 27 heavy (non-hydrogen) atoms. The second-order valence-electron chi connectivity index (χ2n) is 5.54. The topological polar surface area (TPSA) is 71.1 Å². The van der Waals surface area contributed by atoms with Crippen molar-refractivity contribution < 1.29 is 9.59 Å². The number of hydrazine groups is 1. The zero-order valence-electron chi connectivity index (χ0n) is 13.7. The maximum atomic E-state index is 12.3. The van der Waals surface area contributed by atoms with Crippen LogP contribution in [0.1, 0.15) is 20.0 Å². The Morgan fingerprint density at radius 3 is 2.41 bits per heavy atom. The maximum absolute atomic E-state index is 12.3. The Kier molecular flexibility index (Phi) is 5.02. The van der Waals surface area contributed by atoms with Gasteiger partial charge in [-0.05, 0) is 52.3 Å². The van der Waals surface area contributed by atoms with Crippen LogP contribution in [0.2, 0.25) is 0 Å². The molecule has 0 atom stereocenters. The molecule has 0 spiro atoms. The van der Waals surface area contributed by atoms with Gasteiger partial charge >= 0.3 is 0 Å². The average Bonchev–Trinajstić information content (AvgIpc) is 3.33. The van der Waals surface area contributed by atoms with Gasteiger partial charge in [-0.25, -0.2) is 4.98 Å². The minimum absolute atomic E-state index is 0.368. The van der Waals surface area contributed by atoms with Crippen molar-refractivity contribution in [2.24, 2.45) is 0 Å². The third-order valence-corrected chi connectivity index (χ3v) is 6.72. The van der Waals surface area contributed by atoms with Crippen LogP contribution < -0.4 is 10.9 Å². The van der Waals surface area contributed by atoms with E-state index in [1.54, 1.807) is 35.6 Å². The maximum Gasteiger partial charge on any atom is 0.279 e. The summed E-state index contributed by atoms with van der Waals surface area (Å²) in [6.07, 6.45) is 0. The third kappa shape index (κ3) is 3.78. The van der Waals surface area contributed by atoms with Crippen LogP contribution in [0.25, 0.3) is 20.1 Å². The normalized spacial score (nSPS) is 10.7. The summed E-state index contributed by atoms with van der Waals surface area (Å²) in [6, 6.07) is 18.5. The molecule has 0 aliphatic rings. The molecule has 4 aromatic rings. The Labute approximate surface area is 171 Å². The van der Waals surface area contributed by atoms with Crippen LogP contribution in [0.4, 0.5) is 0 Å². The molecule has 2 aromatic heterocycles. The lowest BCUT2D eigenvalue weighted by atomic mass is 10.2. The van der Waals surface area contributed by atoms with Gasteiger partial charge in [-0.3, -0.25) is 20.4 Å². The van der Waals surface area contributed by atoms with Gasteiger partial charge in [0.05, 0.1) is 25.5 Å². The molecule has 0 bridgehead atoms. The van der Waals surface area contributed by atoms with E-state index < -0.39 is 5.91 Å². The van der Waals surface area contributed by atoms with E-state index in [0.29, 0.717) is 14.9 Å². The molecule has 0 aliphatic heterocycles. The number of nitrogens with zero attached hydrogens (tertiary/aromatic N) is 1. The highest BCUT2D eigenvalue weighted by Crippen LogP contribution is 2.34. The Balaban J connectivity index is 1.46. The van der Waals surface area contributed by atoms with Crippen LogP contribution in [0.5, 0.6) is 0 Å². The van der Waals surface area contributed by atoms with Gasteiger partial charge in [0.1, 0.15) is 5.01 Å². The number of aromatic nitrogens is 1. The van der Waals surface area contributed by atoms with E-state index in [1.807, 2.05) is 36.4 Å². The Hall–Kier alpha value is -2.55. The number of hydrogen-bond donors (Lipinski definition) is 2. The summed E-state index contributed by atoms with van der Waals surface area (Å²) in [5.41, 5.74) is 6.27. The highest BCUT2D eigenvalue weighted by atomic mass is 79.9. The molecule has 0 fully saturated rings. The lowest BCUT2D eigenvalue weighted by molar-refractivity contribution is 0.0848. The van der Waals surface area contributed by atoms with Gasteiger partial charge in [-0.1, -0.05) is 24.3 Å². The minimum Gasteiger partial charge on any atom is -0.267 e. The zero-order valence-corrected chi connectivity index (χ0v) is 17.0. The number of thiazole rings is 1. The Morgan fingerprint density at radius 1 is 0.852 bits per heavy atom. The largest absolute Gasteiger partial charge is 0.279 e. The smallest absolute Gasteiger partial charge is 0.267 e. The number of rotatable bonds is 3. The summed E-state index contributed by atoms with van der Waals surface area (Å²) in [4.78, 5) is 30.5. The van der Waals surface area contributed by atoms with Gasteiger partial charge in [-0.2, -0.15) is 0 Å². The first-order valence-electron chi connectivity index (χ1n) is 7.93. The number of carbonyl (C=O) groups is 2. The molecule has 0 saturated heterocycles. The molecule has 0 saturated carbocycles. The van der Waals surface area contributed by atoms with Crippen molar-refractivity contribution in [3.8, 4) is 9.88 Å². The van der Waals surface area contributed by atoms with Crippen LogP contribution in [0, 0.1) is 0 Å². The molecule has 0 unspecified atom stereocenters. The predicted octanol–water partition coefficient (Wildman–Crippen LogP) is 4.86. The van der Waals surface area contributed by atoms with Gasteiger partial charge in [-0.15, -0.1) is 22.7 Å². The minimum atomic E-state index is -0.390. The van der Waals surface area contributed by atoms with E-state index in [-0.39, 0.29) is 5.91 Å². The van der Waals surface area contributed by atoms with Crippen LogP contribution in [0.15, 0.2) is 65.1 Å². The standard InChI is InChI=1S/C19H12BrN3O2S2/c20-12-6-2-1-5-11(12)17(24)22-23-18(25)15-9-10-16(26-15)19-21-13-7-3-4-8-14(13)27-19/h1-10H,(H,22,24)(H,23,25). The lowest BCUT2D eigenvalue weighted by Gasteiger charge is -2.07. The van der Waals surface area contributed by atoms with Crippen LogP contribution in [-0.4, -0.2) is 16.8 Å². The van der Waals surface area contributed by atoms with Crippen LogP contribution >= 0.6 is 38.6 Å². The van der Waals surface area contributed by atoms with Crippen LogP contribution in [-0.2, 0) is 0 Å². The van der Waals surface area contributed by atoms with Gasteiger partial charge in [0.2, 0.25) is 0 Å². The molecule has 2 N–H and O–H groups in total. The molecular weight excluding hydrogens is 446 g/mol.